The van der Waals surface area contributed by atoms with Gasteiger partial charge < -0.3 is 33.6 Å². The molecule has 7 nitrogen and oxygen atoms in total. The number of hydrogen-bond acceptors (Lipinski definition) is 8. The number of hydrogen-bond donors (Lipinski definition) is 4. The summed E-state index contributed by atoms with van der Waals surface area (Å²) in [6.45, 7) is -0.640. The van der Waals surface area contributed by atoms with Gasteiger partial charge in [0.1, 0.15) is 18.3 Å². The van der Waals surface area contributed by atoms with E-state index in [9.17, 15) is 23.7 Å². The molecule has 1 aliphatic rings. The van der Waals surface area contributed by atoms with E-state index >= 15 is 0 Å². The molecule has 0 amide bonds. The Morgan fingerprint density at radius 2 is 1.60 bits per heavy atom. The first-order chi connectivity index (χ1) is 6.49. The van der Waals surface area contributed by atoms with Gasteiger partial charge >= 0.3 is 29.6 Å². The molecule has 0 aromatic heterocycles. The Morgan fingerprint density at radius 3 is 2.00 bits per heavy atom. The fourth-order valence-electron chi connectivity index (χ4n) is 1.23. The molecule has 0 bridgehead atoms. The van der Waals surface area contributed by atoms with Crippen LogP contribution in [0.1, 0.15) is 0 Å². The Balaban J connectivity index is 0.00000196. The fraction of sp³-hybridized carbons (Fsp3) is 1.00. The van der Waals surface area contributed by atoms with Crippen LogP contribution < -0.4 is 29.6 Å². The summed E-state index contributed by atoms with van der Waals surface area (Å²) in [4.78, 5) is 0. The molecule has 9 heteroatoms. The van der Waals surface area contributed by atoms with Gasteiger partial charge in [0.15, 0.2) is 0 Å². The van der Waals surface area contributed by atoms with Crippen molar-refractivity contribution in [1.29, 1.82) is 0 Å². The molecule has 0 aliphatic carbocycles. The zero-order valence-electron chi connectivity index (χ0n) is 8.02. The number of ether oxygens (including phenoxy) is 1. The van der Waals surface area contributed by atoms with Gasteiger partial charge in [0.25, 0.3) is 0 Å². The van der Waals surface area contributed by atoms with Gasteiger partial charge in [-0.05, 0) is 10.7 Å². The molecule has 1 aliphatic heterocycles. The summed E-state index contributed by atoms with van der Waals surface area (Å²) in [7, 11) is -2.74. The second-order valence-electron chi connectivity index (χ2n) is 2.96. The van der Waals surface area contributed by atoms with E-state index in [4.69, 9.17) is 5.11 Å². The van der Waals surface area contributed by atoms with Gasteiger partial charge in [-0.15, -0.1) is 0 Å². The average molecular weight is 250 g/mol. The van der Waals surface area contributed by atoms with E-state index in [2.05, 4.69) is 4.74 Å². The maximum Gasteiger partial charge on any atom is 1.00 e. The molecule has 5 atom stereocenters. The van der Waals surface area contributed by atoms with Crippen LogP contribution in [0.25, 0.3) is 0 Å². The first-order valence-electron chi connectivity index (χ1n) is 3.87. The van der Waals surface area contributed by atoms with Crippen molar-refractivity contribution in [2.75, 3.05) is 6.61 Å². The third kappa shape index (κ3) is 3.35. The molecule has 0 radical (unpaired) electrons. The topological polar surface area (TPSA) is 124 Å². The maximum atomic E-state index is 10.5. The van der Waals surface area contributed by atoms with Crippen molar-refractivity contribution in [2.24, 2.45) is 0 Å². The minimum absolute atomic E-state index is 0. The standard InChI is InChI=1S/C6H11O7S.Na/c7-1-2-3(8)4(9)5(10)6(13-2)14(11)12;/h2-10H,1H2;/q-1;+1/t2-,3-,4+,5-,6+;/m1./s1. The molecule has 0 aromatic rings. The van der Waals surface area contributed by atoms with Crippen molar-refractivity contribution in [3.8, 4) is 0 Å². The third-order valence-corrected chi connectivity index (χ3v) is 2.81. The van der Waals surface area contributed by atoms with E-state index in [1.165, 1.54) is 0 Å². The van der Waals surface area contributed by atoms with E-state index < -0.39 is 47.2 Å². The number of aliphatic hydroxyl groups is 4. The van der Waals surface area contributed by atoms with Crippen LogP contribution in [0.15, 0.2) is 0 Å². The van der Waals surface area contributed by atoms with E-state index in [1.54, 1.807) is 0 Å². The molecule has 0 aromatic carbocycles. The van der Waals surface area contributed by atoms with Crippen LogP contribution in [0.4, 0.5) is 0 Å². The summed E-state index contributed by atoms with van der Waals surface area (Å²) < 4.78 is 25.7. The molecule has 1 rings (SSSR count). The predicted octanol–water partition coefficient (Wildman–Crippen LogP) is -5.90. The maximum absolute atomic E-state index is 10.5. The number of aliphatic hydroxyl groups excluding tert-OH is 4. The Labute approximate surface area is 110 Å². The van der Waals surface area contributed by atoms with Crippen LogP contribution in [0.2, 0.25) is 0 Å². The Kier molecular flexibility index (Phi) is 6.80. The monoisotopic (exact) mass is 250 g/mol. The summed E-state index contributed by atoms with van der Waals surface area (Å²) in [6, 6.07) is 0. The van der Waals surface area contributed by atoms with Crippen molar-refractivity contribution in [1.82, 2.24) is 0 Å². The van der Waals surface area contributed by atoms with Crippen molar-refractivity contribution in [3.05, 3.63) is 0 Å². The van der Waals surface area contributed by atoms with Crippen LogP contribution in [0, 0.1) is 0 Å². The minimum Gasteiger partial charge on any atom is -0.422 e. The van der Waals surface area contributed by atoms with Crippen molar-refractivity contribution >= 4 is 10.7 Å². The molecule has 0 spiro atoms. The van der Waals surface area contributed by atoms with Crippen LogP contribution in [-0.4, -0.2) is 56.9 Å². The van der Waals surface area contributed by atoms with Crippen LogP contribution >= 0.6 is 0 Å². The summed E-state index contributed by atoms with van der Waals surface area (Å²) in [6.07, 6.45) is -6.08. The second kappa shape index (κ2) is 6.48. The number of rotatable bonds is 2. The zero-order chi connectivity index (χ0) is 10.9. The minimum atomic E-state index is -2.74. The molecule has 0 saturated carbocycles. The van der Waals surface area contributed by atoms with Gasteiger partial charge in [0.05, 0.1) is 18.1 Å². The molecular formula is C6H11NaO7S. The first-order valence-corrected chi connectivity index (χ1v) is 5.01. The van der Waals surface area contributed by atoms with E-state index in [-0.39, 0.29) is 29.6 Å². The van der Waals surface area contributed by atoms with Crippen molar-refractivity contribution < 1.29 is 63.1 Å². The van der Waals surface area contributed by atoms with Gasteiger partial charge in [-0.1, -0.05) is 0 Å². The van der Waals surface area contributed by atoms with Gasteiger partial charge in [0.2, 0.25) is 0 Å². The largest absolute Gasteiger partial charge is 1.00 e. The summed E-state index contributed by atoms with van der Waals surface area (Å²) >= 11 is 0. The van der Waals surface area contributed by atoms with Gasteiger partial charge in [-0.25, -0.2) is 0 Å². The van der Waals surface area contributed by atoms with Crippen LogP contribution in [-0.2, 0) is 23.9 Å². The SMILES string of the molecule is O=[S-](=O)[C@@H]1O[C@H](CO)[C@@H](O)[C@H](O)[C@H]1O.[Na+]. The van der Waals surface area contributed by atoms with E-state index in [1.807, 2.05) is 0 Å². The molecule has 84 valence electrons. The summed E-state index contributed by atoms with van der Waals surface area (Å²) in [5.41, 5.74) is -1.63. The van der Waals surface area contributed by atoms with E-state index in [0.717, 1.165) is 0 Å². The molecule has 4 N–H and O–H groups in total. The van der Waals surface area contributed by atoms with Gasteiger partial charge in [0, 0.05) is 0 Å². The molecular weight excluding hydrogens is 239 g/mol. The predicted molar refractivity (Wildman–Crippen MR) is 42.5 cm³/mol. The van der Waals surface area contributed by atoms with Crippen LogP contribution in [0.3, 0.4) is 0 Å². The molecule has 1 saturated heterocycles. The smallest absolute Gasteiger partial charge is 0.422 e. The van der Waals surface area contributed by atoms with Gasteiger partial charge in [-0.2, -0.15) is 0 Å². The van der Waals surface area contributed by atoms with Crippen molar-refractivity contribution in [2.45, 2.75) is 29.9 Å². The first kappa shape index (κ1) is 15.8. The van der Waals surface area contributed by atoms with Crippen molar-refractivity contribution in [3.63, 3.8) is 0 Å². The molecule has 1 fully saturated rings. The fourth-order valence-corrected chi connectivity index (χ4v) is 1.85. The molecule has 0 unspecified atom stereocenters. The Hall–Kier alpha value is 0.750. The average Bonchev–Trinajstić information content (AvgIpc) is 2.14. The van der Waals surface area contributed by atoms with Gasteiger partial charge in [-0.3, -0.25) is 0 Å². The second-order valence-corrected chi connectivity index (χ2v) is 3.94. The third-order valence-electron chi connectivity index (χ3n) is 2.04. The Morgan fingerprint density at radius 1 is 1.07 bits per heavy atom. The zero-order valence-corrected chi connectivity index (χ0v) is 10.8. The summed E-state index contributed by atoms with van der Waals surface area (Å²) in [5, 5.41) is 36.3. The molecule has 15 heavy (non-hydrogen) atoms. The Bertz CT molecular complexity index is 260. The van der Waals surface area contributed by atoms with Crippen LogP contribution in [0.5, 0.6) is 0 Å². The molecule has 1 heterocycles. The summed E-state index contributed by atoms with van der Waals surface area (Å²) in [5.74, 6) is 0. The quantitative estimate of drug-likeness (QED) is 0.284. The van der Waals surface area contributed by atoms with E-state index in [0.29, 0.717) is 0 Å². The normalized spacial score (nSPS) is 41.3.